The first kappa shape index (κ1) is 23.5. The van der Waals surface area contributed by atoms with E-state index in [2.05, 4.69) is 10.3 Å². The van der Waals surface area contributed by atoms with E-state index in [4.69, 9.17) is 9.47 Å². The van der Waals surface area contributed by atoms with Crippen molar-refractivity contribution in [3.05, 3.63) is 53.3 Å². The highest BCUT2D eigenvalue weighted by Gasteiger charge is 2.47. The van der Waals surface area contributed by atoms with Gasteiger partial charge in [-0.15, -0.1) is 0 Å². The van der Waals surface area contributed by atoms with E-state index in [0.29, 0.717) is 56.8 Å². The van der Waals surface area contributed by atoms with Crippen LogP contribution in [-0.4, -0.2) is 59.4 Å². The van der Waals surface area contributed by atoms with Crippen LogP contribution in [0, 0.1) is 0 Å². The molecule has 3 heterocycles. The Morgan fingerprint density at radius 3 is 2.59 bits per heavy atom. The van der Waals surface area contributed by atoms with Crippen LogP contribution in [0.5, 0.6) is 11.5 Å². The number of pyridine rings is 1. The van der Waals surface area contributed by atoms with E-state index in [1.807, 2.05) is 24.3 Å². The summed E-state index contributed by atoms with van der Waals surface area (Å²) in [6.45, 7) is 1.20. The maximum absolute atomic E-state index is 13.0. The third-order valence-electron chi connectivity index (χ3n) is 6.36. The van der Waals surface area contributed by atoms with Crippen LogP contribution >= 0.6 is 0 Å². The molecule has 1 fully saturated rings. The predicted octanol–water partition coefficient (Wildman–Crippen LogP) is 2.66. The van der Waals surface area contributed by atoms with Crippen molar-refractivity contribution in [3.8, 4) is 11.5 Å². The van der Waals surface area contributed by atoms with E-state index in [9.17, 15) is 14.4 Å². The van der Waals surface area contributed by atoms with Gasteiger partial charge in [0.25, 0.3) is 5.91 Å². The Balaban J connectivity index is 1.24. The van der Waals surface area contributed by atoms with Crippen molar-refractivity contribution in [1.82, 2.24) is 20.1 Å². The molecule has 0 saturated carbocycles. The summed E-state index contributed by atoms with van der Waals surface area (Å²) in [7, 11) is 3.16. The molecule has 1 atom stereocenters. The van der Waals surface area contributed by atoms with Gasteiger partial charge in [0.2, 0.25) is 5.91 Å². The number of hydrogen-bond acceptors (Lipinski definition) is 6. The number of hydrogen-bond donors (Lipinski definition) is 1. The summed E-state index contributed by atoms with van der Waals surface area (Å²) in [6, 6.07) is 6.80. The van der Waals surface area contributed by atoms with Gasteiger partial charge >= 0.3 is 6.03 Å². The molecular formula is C25H30N4O5. The van der Waals surface area contributed by atoms with E-state index >= 15 is 0 Å². The lowest BCUT2D eigenvalue weighted by Gasteiger charge is -2.29. The van der Waals surface area contributed by atoms with Gasteiger partial charge in [-0.3, -0.25) is 19.5 Å². The number of unbranched alkanes of at least 4 members (excludes halogenated alkanes) is 2. The average molecular weight is 467 g/mol. The number of ether oxygens (including phenoxy) is 2. The second-order valence-electron chi connectivity index (χ2n) is 8.54. The highest BCUT2D eigenvalue weighted by molar-refractivity contribution is 6.04. The maximum atomic E-state index is 13.0. The summed E-state index contributed by atoms with van der Waals surface area (Å²) in [6.07, 6.45) is 6.43. The molecule has 1 aromatic carbocycles. The smallest absolute Gasteiger partial charge is 0.327 e. The van der Waals surface area contributed by atoms with Crippen molar-refractivity contribution in [2.75, 3.05) is 20.8 Å². The minimum atomic E-state index is -0.476. The number of carbonyl (C=O) groups is 3. The molecular weight excluding hydrogens is 436 g/mol. The standard InChI is InChI=1S/C25H30N4O5/c1-33-21-12-18-11-20-24(31)28(25(32)29(20)16-19(18)13-22(21)34-2)10-5-3-4-8-23(30)27-15-17-7-6-9-26-14-17/h6-7,9,12-14,20H,3-5,8,10-11,15-16H2,1-2H3,(H,27,30). The van der Waals surface area contributed by atoms with Crippen molar-refractivity contribution in [2.45, 2.75) is 51.2 Å². The molecule has 2 aliphatic heterocycles. The number of rotatable bonds is 10. The first-order valence-electron chi connectivity index (χ1n) is 11.5. The fourth-order valence-electron chi connectivity index (χ4n) is 4.49. The first-order valence-corrected chi connectivity index (χ1v) is 11.5. The summed E-state index contributed by atoms with van der Waals surface area (Å²) in [5, 5.41) is 2.88. The SMILES string of the molecule is COc1cc2c(cc1OC)CN1C(=O)N(CCCCCC(=O)NCc3cccnc3)C(=O)C1C2. The number of aromatic nitrogens is 1. The predicted molar refractivity (Wildman–Crippen MR) is 124 cm³/mol. The summed E-state index contributed by atoms with van der Waals surface area (Å²) in [4.78, 5) is 45.0. The third kappa shape index (κ3) is 4.98. The van der Waals surface area contributed by atoms with Crippen LogP contribution in [0.25, 0.3) is 0 Å². The molecule has 0 spiro atoms. The van der Waals surface area contributed by atoms with Crippen molar-refractivity contribution in [1.29, 1.82) is 0 Å². The molecule has 1 unspecified atom stereocenters. The summed E-state index contributed by atoms with van der Waals surface area (Å²) >= 11 is 0. The van der Waals surface area contributed by atoms with E-state index < -0.39 is 6.04 Å². The Labute approximate surface area is 199 Å². The zero-order valence-electron chi connectivity index (χ0n) is 19.6. The molecule has 0 radical (unpaired) electrons. The highest BCUT2D eigenvalue weighted by atomic mass is 16.5. The fraction of sp³-hybridized carbons (Fsp3) is 0.440. The minimum absolute atomic E-state index is 0.0158. The molecule has 1 N–H and O–H groups in total. The molecule has 2 aliphatic rings. The fourth-order valence-corrected chi connectivity index (χ4v) is 4.49. The molecule has 1 saturated heterocycles. The lowest BCUT2D eigenvalue weighted by molar-refractivity contribution is -0.128. The first-order chi connectivity index (χ1) is 16.5. The van der Waals surface area contributed by atoms with Crippen molar-refractivity contribution < 1.29 is 23.9 Å². The van der Waals surface area contributed by atoms with Crippen LogP contribution in [0.2, 0.25) is 0 Å². The van der Waals surface area contributed by atoms with Gasteiger partial charge in [0.15, 0.2) is 11.5 Å². The van der Waals surface area contributed by atoms with Gasteiger partial charge in [0.1, 0.15) is 6.04 Å². The van der Waals surface area contributed by atoms with Crippen LogP contribution in [0.4, 0.5) is 4.79 Å². The zero-order chi connectivity index (χ0) is 24.1. The van der Waals surface area contributed by atoms with Crippen molar-refractivity contribution in [2.24, 2.45) is 0 Å². The van der Waals surface area contributed by atoms with Gasteiger partial charge in [-0.1, -0.05) is 12.5 Å². The molecule has 2 aromatic rings. The lowest BCUT2D eigenvalue weighted by Crippen LogP contribution is -2.40. The topological polar surface area (TPSA) is 101 Å². The van der Waals surface area contributed by atoms with Crippen molar-refractivity contribution in [3.63, 3.8) is 0 Å². The molecule has 4 rings (SSSR count). The minimum Gasteiger partial charge on any atom is -0.493 e. The molecule has 4 amide bonds. The van der Waals surface area contributed by atoms with E-state index in [1.54, 1.807) is 31.5 Å². The second-order valence-corrected chi connectivity index (χ2v) is 8.54. The van der Waals surface area contributed by atoms with Gasteiger partial charge in [-0.25, -0.2) is 4.79 Å². The monoisotopic (exact) mass is 466 g/mol. The number of nitrogens with one attached hydrogen (secondary N) is 1. The lowest BCUT2D eigenvalue weighted by atomic mass is 9.94. The molecule has 9 nitrogen and oxygen atoms in total. The van der Waals surface area contributed by atoms with Gasteiger partial charge in [-0.2, -0.15) is 0 Å². The molecule has 180 valence electrons. The quantitative estimate of drug-likeness (QED) is 0.427. The Morgan fingerprint density at radius 2 is 1.88 bits per heavy atom. The Kier molecular flexibility index (Phi) is 7.30. The molecule has 9 heteroatoms. The number of fused-ring (bicyclic) bond motifs is 2. The van der Waals surface area contributed by atoms with Crippen LogP contribution in [0.1, 0.15) is 42.4 Å². The van der Waals surface area contributed by atoms with Gasteiger partial charge < -0.3 is 19.7 Å². The number of imide groups is 1. The zero-order valence-corrected chi connectivity index (χ0v) is 19.6. The Hall–Kier alpha value is -3.62. The van der Waals surface area contributed by atoms with Crippen LogP contribution in [-0.2, 0) is 29.1 Å². The summed E-state index contributed by atoms with van der Waals surface area (Å²) in [5.41, 5.74) is 2.92. The number of amides is 4. The average Bonchev–Trinajstić information content (AvgIpc) is 3.09. The van der Waals surface area contributed by atoms with Crippen molar-refractivity contribution >= 4 is 17.8 Å². The summed E-state index contributed by atoms with van der Waals surface area (Å²) in [5.74, 6) is 1.06. The van der Waals surface area contributed by atoms with Crippen LogP contribution in [0.15, 0.2) is 36.7 Å². The van der Waals surface area contributed by atoms with Gasteiger partial charge in [0.05, 0.1) is 14.2 Å². The molecule has 34 heavy (non-hydrogen) atoms. The van der Waals surface area contributed by atoms with Crippen LogP contribution in [0.3, 0.4) is 0 Å². The number of methoxy groups -OCH3 is 2. The number of benzene rings is 1. The second kappa shape index (κ2) is 10.5. The van der Waals surface area contributed by atoms with Gasteiger partial charge in [0, 0.05) is 44.9 Å². The normalized spacial score (nSPS) is 16.8. The van der Waals surface area contributed by atoms with Crippen LogP contribution < -0.4 is 14.8 Å². The maximum Gasteiger partial charge on any atom is 0.327 e. The number of carbonyl (C=O) groups excluding carboxylic acids is 3. The van der Waals surface area contributed by atoms with Gasteiger partial charge in [-0.05, 0) is 47.7 Å². The number of nitrogens with zero attached hydrogens (tertiary/aromatic N) is 3. The largest absolute Gasteiger partial charge is 0.493 e. The van der Waals surface area contributed by atoms with E-state index in [-0.39, 0.29) is 17.8 Å². The van der Waals surface area contributed by atoms with E-state index in [1.165, 1.54) is 4.90 Å². The summed E-state index contributed by atoms with van der Waals surface area (Å²) < 4.78 is 10.8. The molecule has 0 bridgehead atoms. The highest BCUT2D eigenvalue weighted by Crippen LogP contribution is 2.37. The molecule has 1 aromatic heterocycles. The Bertz CT molecular complexity index is 1010. The van der Waals surface area contributed by atoms with E-state index in [0.717, 1.165) is 23.1 Å². The number of urea groups is 1. The molecule has 0 aliphatic carbocycles. The third-order valence-corrected chi connectivity index (χ3v) is 6.36. The Morgan fingerprint density at radius 1 is 1.12 bits per heavy atom.